The summed E-state index contributed by atoms with van der Waals surface area (Å²) >= 11 is 0.206. The molecule has 0 unspecified atom stereocenters. The zero-order chi connectivity index (χ0) is 23.2. The molecule has 0 saturated carbocycles. The Hall–Kier alpha value is -3.20. The number of benzene rings is 2. The van der Waals surface area contributed by atoms with E-state index in [1.165, 1.54) is 0 Å². The molecule has 5 nitrogen and oxygen atoms in total. The first-order valence-electron chi connectivity index (χ1n) is 10.6. The molecule has 0 bridgehead atoms. The summed E-state index contributed by atoms with van der Waals surface area (Å²) in [6.07, 6.45) is 1.92. The van der Waals surface area contributed by atoms with E-state index < -0.39 is 11.6 Å². The van der Waals surface area contributed by atoms with Crippen molar-refractivity contribution in [2.24, 2.45) is 0 Å². The summed E-state index contributed by atoms with van der Waals surface area (Å²) in [4.78, 5) is 19.9. The van der Waals surface area contributed by atoms with Gasteiger partial charge in [0.25, 0.3) is 0 Å². The van der Waals surface area contributed by atoms with Crippen LogP contribution in [0.4, 0.5) is 30.0 Å². The minimum Gasteiger partial charge on any atom is -0.366 e. The van der Waals surface area contributed by atoms with E-state index in [4.69, 9.17) is 4.98 Å². The molecule has 2 aromatic carbocycles. The third kappa shape index (κ3) is 6.19. The second-order valence-electron chi connectivity index (χ2n) is 7.84. The molecule has 0 aliphatic carbocycles. The van der Waals surface area contributed by atoms with E-state index in [2.05, 4.69) is 15.5 Å². The first kappa shape index (κ1) is 23.0. The predicted molar refractivity (Wildman–Crippen MR) is 125 cm³/mol. The van der Waals surface area contributed by atoms with Crippen LogP contribution in [0, 0.1) is 11.6 Å². The van der Waals surface area contributed by atoms with Gasteiger partial charge in [-0.25, -0.2) is 13.8 Å². The van der Waals surface area contributed by atoms with Crippen molar-refractivity contribution < 1.29 is 17.5 Å². The molecule has 33 heavy (non-hydrogen) atoms. The van der Waals surface area contributed by atoms with E-state index in [0.29, 0.717) is 28.8 Å². The number of rotatable bonds is 8. The van der Waals surface area contributed by atoms with E-state index in [1.807, 2.05) is 12.1 Å². The van der Waals surface area contributed by atoms with Gasteiger partial charge in [-0.15, -0.1) is 0 Å². The van der Waals surface area contributed by atoms with Gasteiger partial charge < -0.3 is 15.5 Å². The van der Waals surface area contributed by atoms with Gasteiger partial charge in [-0.1, -0.05) is 12.1 Å². The minimum atomic E-state index is -0.717. The number of halogens is 3. The van der Waals surface area contributed by atoms with Crippen LogP contribution in [0.3, 0.4) is 0 Å². The summed E-state index contributed by atoms with van der Waals surface area (Å²) in [5.74, 6) is -0.517. The lowest BCUT2D eigenvalue weighted by Gasteiger charge is -2.21. The smallest absolute Gasteiger partial charge is 0.228 e. The molecule has 1 aliphatic rings. The second-order valence-corrected chi connectivity index (χ2v) is 8.46. The molecular formula is C24H23F3N4OS. The quantitative estimate of drug-likeness (QED) is 0.439. The SMILES string of the molecule is O=C(Cc1cc(F)cc(F)c1)Nc1ccc(NCc2ccc(SF)cc2)nc1N1CCCC1. The number of pyridine rings is 1. The van der Waals surface area contributed by atoms with Gasteiger partial charge in [0.2, 0.25) is 5.91 Å². The number of aromatic nitrogens is 1. The largest absolute Gasteiger partial charge is 0.366 e. The first-order valence-corrected chi connectivity index (χ1v) is 11.3. The molecule has 0 spiro atoms. The van der Waals surface area contributed by atoms with E-state index >= 15 is 0 Å². The fourth-order valence-electron chi connectivity index (χ4n) is 3.76. The highest BCUT2D eigenvalue weighted by Crippen LogP contribution is 2.29. The Morgan fingerprint density at radius 3 is 2.33 bits per heavy atom. The van der Waals surface area contributed by atoms with Gasteiger partial charge in [0.1, 0.15) is 17.5 Å². The van der Waals surface area contributed by atoms with Crippen molar-refractivity contribution in [2.45, 2.75) is 30.7 Å². The summed E-state index contributed by atoms with van der Waals surface area (Å²) < 4.78 is 39.5. The van der Waals surface area contributed by atoms with E-state index in [0.717, 1.165) is 49.7 Å². The van der Waals surface area contributed by atoms with Gasteiger partial charge in [0, 0.05) is 30.6 Å². The van der Waals surface area contributed by atoms with Crippen molar-refractivity contribution in [3.63, 3.8) is 0 Å². The van der Waals surface area contributed by atoms with Crippen LogP contribution in [-0.4, -0.2) is 24.0 Å². The lowest BCUT2D eigenvalue weighted by molar-refractivity contribution is -0.115. The highest BCUT2D eigenvalue weighted by atomic mass is 32.2. The third-order valence-electron chi connectivity index (χ3n) is 5.33. The normalized spacial score (nSPS) is 13.2. The average Bonchev–Trinajstić information content (AvgIpc) is 3.33. The van der Waals surface area contributed by atoms with Crippen LogP contribution in [0.2, 0.25) is 0 Å². The molecule has 172 valence electrons. The number of hydrogen-bond acceptors (Lipinski definition) is 5. The summed E-state index contributed by atoms with van der Waals surface area (Å²) in [6, 6.07) is 13.7. The number of anilines is 3. The number of hydrogen-bond donors (Lipinski definition) is 2. The molecular weight excluding hydrogens is 449 g/mol. The summed E-state index contributed by atoms with van der Waals surface area (Å²) in [5.41, 5.74) is 1.79. The standard InChI is InChI=1S/C24H23F3N4OS/c25-18-11-17(12-19(26)14-18)13-23(32)29-21-7-8-22(30-24(21)31-9-1-2-10-31)28-15-16-3-5-20(33-27)6-4-16/h3-8,11-12,14H,1-2,9-10,13,15H2,(H,28,30)(H,29,32). The fourth-order valence-corrected chi connectivity index (χ4v) is 4.00. The average molecular weight is 473 g/mol. The first-order chi connectivity index (χ1) is 16.0. The Morgan fingerprint density at radius 1 is 0.970 bits per heavy atom. The van der Waals surface area contributed by atoms with Crippen LogP contribution in [0.5, 0.6) is 0 Å². The Labute approximate surface area is 194 Å². The molecule has 1 aliphatic heterocycles. The molecule has 0 radical (unpaired) electrons. The van der Waals surface area contributed by atoms with E-state index in [1.54, 1.807) is 24.3 Å². The Bertz CT molecular complexity index is 1100. The molecule has 0 atom stereocenters. The number of carbonyl (C=O) groups excluding carboxylic acids is 1. The molecule has 3 aromatic rings. The number of nitrogens with one attached hydrogen (secondary N) is 2. The Morgan fingerprint density at radius 2 is 1.67 bits per heavy atom. The van der Waals surface area contributed by atoms with Crippen molar-refractivity contribution >= 4 is 35.4 Å². The van der Waals surface area contributed by atoms with Crippen molar-refractivity contribution in [1.29, 1.82) is 0 Å². The second kappa shape index (κ2) is 10.6. The molecule has 2 heterocycles. The molecule has 1 saturated heterocycles. The minimum absolute atomic E-state index is 0.152. The number of carbonyl (C=O) groups is 1. The maximum absolute atomic E-state index is 13.4. The van der Waals surface area contributed by atoms with Crippen LogP contribution in [0.25, 0.3) is 0 Å². The zero-order valence-electron chi connectivity index (χ0n) is 17.8. The highest BCUT2D eigenvalue weighted by Gasteiger charge is 2.19. The van der Waals surface area contributed by atoms with Crippen LogP contribution in [0.15, 0.2) is 59.5 Å². The monoisotopic (exact) mass is 472 g/mol. The summed E-state index contributed by atoms with van der Waals surface area (Å²) in [5, 5.41) is 6.10. The third-order valence-corrected chi connectivity index (χ3v) is 5.78. The fraction of sp³-hybridized carbons (Fsp3) is 0.250. The van der Waals surface area contributed by atoms with Crippen molar-refractivity contribution in [1.82, 2.24) is 4.98 Å². The maximum atomic E-state index is 13.4. The van der Waals surface area contributed by atoms with Gasteiger partial charge in [-0.3, -0.25) is 4.79 Å². The lowest BCUT2D eigenvalue weighted by atomic mass is 10.1. The lowest BCUT2D eigenvalue weighted by Crippen LogP contribution is -2.23. The van der Waals surface area contributed by atoms with Crippen LogP contribution in [0.1, 0.15) is 24.0 Å². The molecule has 1 fully saturated rings. The van der Waals surface area contributed by atoms with Gasteiger partial charge >= 0.3 is 0 Å². The Kier molecular flexibility index (Phi) is 7.39. The number of nitrogens with zero attached hydrogens (tertiary/aromatic N) is 2. The van der Waals surface area contributed by atoms with Crippen LogP contribution >= 0.6 is 12.1 Å². The zero-order valence-corrected chi connectivity index (χ0v) is 18.6. The van der Waals surface area contributed by atoms with E-state index in [-0.39, 0.29) is 30.0 Å². The van der Waals surface area contributed by atoms with Crippen LogP contribution in [-0.2, 0) is 17.8 Å². The molecule has 9 heteroatoms. The maximum Gasteiger partial charge on any atom is 0.228 e. The van der Waals surface area contributed by atoms with Gasteiger partial charge in [-0.05, 0) is 60.4 Å². The van der Waals surface area contributed by atoms with Gasteiger partial charge in [0.15, 0.2) is 5.82 Å². The van der Waals surface area contributed by atoms with Crippen LogP contribution < -0.4 is 15.5 Å². The van der Waals surface area contributed by atoms with Crippen molar-refractivity contribution in [3.05, 3.63) is 77.4 Å². The molecule has 4 rings (SSSR count). The predicted octanol–water partition coefficient (Wildman–Crippen LogP) is 5.73. The summed E-state index contributed by atoms with van der Waals surface area (Å²) in [7, 11) is 0. The molecule has 1 aromatic heterocycles. The van der Waals surface area contributed by atoms with Crippen molar-refractivity contribution in [3.8, 4) is 0 Å². The van der Waals surface area contributed by atoms with Gasteiger partial charge in [-0.2, -0.15) is 3.89 Å². The highest BCUT2D eigenvalue weighted by molar-refractivity contribution is 7.94. The number of amides is 1. The molecule has 1 amide bonds. The topological polar surface area (TPSA) is 57.3 Å². The molecule has 2 N–H and O–H groups in total. The van der Waals surface area contributed by atoms with Crippen molar-refractivity contribution in [2.75, 3.05) is 28.6 Å². The summed E-state index contributed by atoms with van der Waals surface area (Å²) in [6.45, 7) is 2.17. The Balaban J connectivity index is 1.47. The van der Waals surface area contributed by atoms with Gasteiger partial charge in [0.05, 0.1) is 24.3 Å². The van der Waals surface area contributed by atoms with E-state index in [9.17, 15) is 17.5 Å².